The Morgan fingerprint density at radius 1 is 1.17 bits per heavy atom. The van der Waals surface area contributed by atoms with Crippen molar-refractivity contribution in [3.05, 3.63) is 29.8 Å². The molecule has 1 aromatic rings. The second-order valence-electron chi connectivity index (χ2n) is 6.87. The van der Waals surface area contributed by atoms with E-state index in [1.807, 2.05) is 43.1 Å². The summed E-state index contributed by atoms with van der Waals surface area (Å²) < 4.78 is 0. The van der Waals surface area contributed by atoms with Crippen LogP contribution in [-0.4, -0.2) is 54.8 Å². The van der Waals surface area contributed by atoms with E-state index in [-0.39, 0.29) is 24.9 Å². The van der Waals surface area contributed by atoms with E-state index in [2.05, 4.69) is 12.2 Å². The van der Waals surface area contributed by atoms with E-state index >= 15 is 0 Å². The number of amides is 2. The lowest BCUT2D eigenvalue weighted by Gasteiger charge is -2.25. The number of likely N-dealkylation sites (N-methyl/N-ethyl adjacent to an activating group) is 1. The number of anilines is 1. The average Bonchev–Trinajstić information content (AvgIpc) is 3.33. The van der Waals surface area contributed by atoms with Gasteiger partial charge in [0.25, 0.3) is 0 Å². The van der Waals surface area contributed by atoms with Crippen LogP contribution in [0.1, 0.15) is 31.7 Å². The summed E-state index contributed by atoms with van der Waals surface area (Å²) in [5, 5.41) is 2.86. The zero-order chi connectivity index (χ0) is 17.5. The lowest BCUT2D eigenvalue weighted by atomic mass is 10.2. The molecule has 1 saturated carbocycles. The molecule has 24 heavy (non-hydrogen) atoms. The van der Waals surface area contributed by atoms with Crippen molar-refractivity contribution < 1.29 is 9.59 Å². The van der Waals surface area contributed by atoms with E-state index < -0.39 is 0 Å². The summed E-state index contributed by atoms with van der Waals surface area (Å²) in [6.45, 7) is 6.27. The Labute approximate surface area is 145 Å². The summed E-state index contributed by atoms with van der Waals surface area (Å²) in [6.07, 6.45) is 3.45. The zero-order valence-corrected chi connectivity index (χ0v) is 15.0. The van der Waals surface area contributed by atoms with Gasteiger partial charge in [-0.1, -0.05) is 24.6 Å². The Morgan fingerprint density at radius 3 is 2.42 bits per heavy atom. The monoisotopic (exact) mass is 331 g/mol. The van der Waals surface area contributed by atoms with Gasteiger partial charge in [-0.15, -0.1) is 0 Å². The lowest BCUT2D eigenvalue weighted by Crippen LogP contribution is -2.42. The molecule has 0 radical (unpaired) electrons. The normalized spacial score (nSPS) is 13.8. The van der Waals surface area contributed by atoms with Crippen molar-refractivity contribution in [3.63, 3.8) is 0 Å². The largest absolute Gasteiger partial charge is 0.341 e. The third-order valence-corrected chi connectivity index (χ3v) is 4.18. The van der Waals surface area contributed by atoms with Crippen molar-refractivity contribution in [1.29, 1.82) is 0 Å². The smallest absolute Gasteiger partial charge is 0.238 e. The number of benzene rings is 1. The van der Waals surface area contributed by atoms with Gasteiger partial charge < -0.3 is 10.2 Å². The van der Waals surface area contributed by atoms with Crippen LogP contribution in [0.3, 0.4) is 0 Å². The fraction of sp³-hybridized carbons (Fsp3) is 0.579. The molecular weight excluding hydrogens is 302 g/mol. The van der Waals surface area contributed by atoms with E-state index in [9.17, 15) is 9.59 Å². The molecule has 0 spiro atoms. The van der Waals surface area contributed by atoms with Gasteiger partial charge >= 0.3 is 0 Å². The number of rotatable bonds is 9. The van der Waals surface area contributed by atoms with E-state index in [4.69, 9.17) is 0 Å². The van der Waals surface area contributed by atoms with E-state index in [1.54, 1.807) is 4.90 Å². The molecule has 0 aliphatic heterocycles. The van der Waals surface area contributed by atoms with Gasteiger partial charge in [0.15, 0.2) is 0 Å². The van der Waals surface area contributed by atoms with Gasteiger partial charge in [-0.2, -0.15) is 0 Å². The molecule has 2 amide bonds. The van der Waals surface area contributed by atoms with Crippen molar-refractivity contribution in [3.8, 4) is 0 Å². The van der Waals surface area contributed by atoms with Crippen molar-refractivity contribution in [2.45, 2.75) is 33.1 Å². The molecule has 1 aliphatic carbocycles. The molecule has 0 atom stereocenters. The van der Waals surface area contributed by atoms with Crippen LogP contribution in [0, 0.1) is 12.8 Å². The summed E-state index contributed by atoms with van der Waals surface area (Å²) in [7, 11) is 1.81. The van der Waals surface area contributed by atoms with E-state index in [1.165, 1.54) is 12.8 Å². The molecule has 0 bridgehead atoms. The minimum atomic E-state index is -0.0987. The maximum Gasteiger partial charge on any atom is 0.238 e. The fourth-order valence-electron chi connectivity index (χ4n) is 2.67. The molecule has 1 aliphatic rings. The molecule has 2 rings (SSSR count). The first-order chi connectivity index (χ1) is 11.5. The summed E-state index contributed by atoms with van der Waals surface area (Å²) in [6, 6.07) is 7.70. The van der Waals surface area contributed by atoms with E-state index in [0.29, 0.717) is 5.92 Å². The molecule has 5 nitrogen and oxygen atoms in total. The predicted molar refractivity (Wildman–Crippen MR) is 96.9 cm³/mol. The number of carbonyl (C=O) groups excluding carboxylic acids is 2. The number of nitrogens with one attached hydrogen (secondary N) is 1. The van der Waals surface area contributed by atoms with Crippen LogP contribution in [0.5, 0.6) is 0 Å². The van der Waals surface area contributed by atoms with Crippen LogP contribution >= 0.6 is 0 Å². The number of carbonyl (C=O) groups is 2. The second-order valence-corrected chi connectivity index (χ2v) is 6.87. The van der Waals surface area contributed by atoms with Crippen LogP contribution in [-0.2, 0) is 9.59 Å². The van der Waals surface area contributed by atoms with Crippen LogP contribution in [0.25, 0.3) is 0 Å². The molecule has 0 unspecified atom stereocenters. The third kappa shape index (κ3) is 6.32. The first-order valence-corrected chi connectivity index (χ1v) is 8.80. The number of hydrogen-bond acceptors (Lipinski definition) is 3. The van der Waals surface area contributed by atoms with Crippen LogP contribution in [0.2, 0.25) is 0 Å². The Bertz CT molecular complexity index is 552. The summed E-state index contributed by atoms with van der Waals surface area (Å²) in [4.78, 5) is 28.3. The van der Waals surface area contributed by atoms with E-state index in [0.717, 1.165) is 30.8 Å². The molecule has 0 saturated heterocycles. The first kappa shape index (κ1) is 18.5. The highest BCUT2D eigenvalue weighted by molar-refractivity contribution is 5.92. The van der Waals surface area contributed by atoms with Gasteiger partial charge in [-0.25, -0.2) is 0 Å². The molecule has 0 heterocycles. The Morgan fingerprint density at radius 2 is 1.83 bits per heavy atom. The maximum atomic E-state index is 12.4. The van der Waals surface area contributed by atoms with Crippen molar-refractivity contribution in [2.75, 3.05) is 38.5 Å². The number of aryl methyl sites for hydroxylation is 1. The Balaban J connectivity index is 1.77. The van der Waals surface area contributed by atoms with Gasteiger partial charge in [0.1, 0.15) is 0 Å². The van der Waals surface area contributed by atoms with Gasteiger partial charge in [-0.05, 0) is 51.3 Å². The van der Waals surface area contributed by atoms with Gasteiger partial charge in [-0.3, -0.25) is 14.5 Å². The molecular formula is C19H29N3O2. The standard InChI is InChI=1S/C19H29N3O2/c1-4-11-22(12-16-7-8-16)19(24)14-21(3)13-18(23)20-17-9-5-15(2)6-10-17/h5-6,9-10,16H,4,7-8,11-14H2,1-3H3,(H,20,23). The van der Waals surface area contributed by atoms with Crippen molar-refractivity contribution in [1.82, 2.24) is 9.80 Å². The predicted octanol–water partition coefficient (Wildman–Crippen LogP) is 2.51. The average molecular weight is 331 g/mol. The number of nitrogens with zero attached hydrogens (tertiary/aromatic N) is 2. The molecule has 1 aromatic carbocycles. The quantitative estimate of drug-likeness (QED) is 0.756. The highest BCUT2D eigenvalue weighted by atomic mass is 16.2. The van der Waals surface area contributed by atoms with Crippen LogP contribution in [0.4, 0.5) is 5.69 Å². The van der Waals surface area contributed by atoms with Crippen molar-refractivity contribution in [2.24, 2.45) is 5.92 Å². The minimum absolute atomic E-state index is 0.0987. The Kier molecular flexibility index (Phi) is 6.79. The molecule has 0 aromatic heterocycles. The Hall–Kier alpha value is -1.88. The highest BCUT2D eigenvalue weighted by Gasteiger charge is 2.26. The van der Waals surface area contributed by atoms with Gasteiger partial charge in [0.05, 0.1) is 13.1 Å². The maximum absolute atomic E-state index is 12.4. The summed E-state index contributed by atoms with van der Waals surface area (Å²) in [5.41, 5.74) is 1.94. The first-order valence-electron chi connectivity index (χ1n) is 8.80. The van der Waals surface area contributed by atoms with Gasteiger partial charge in [0, 0.05) is 18.8 Å². The minimum Gasteiger partial charge on any atom is -0.341 e. The molecule has 132 valence electrons. The van der Waals surface area contributed by atoms with Crippen molar-refractivity contribution >= 4 is 17.5 Å². The summed E-state index contributed by atoms with van der Waals surface area (Å²) in [5.74, 6) is 0.711. The second kappa shape index (κ2) is 8.83. The highest BCUT2D eigenvalue weighted by Crippen LogP contribution is 2.29. The number of hydrogen-bond donors (Lipinski definition) is 1. The summed E-state index contributed by atoms with van der Waals surface area (Å²) >= 11 is 0. The molecule has 5 heteroatoms. The molecule has 1 fully saturated rings. The van der Waals surface area contributed by atoms with Crippen LogP contribution < -0.4 is 5.32 Å². The topological polar surface area (TPSA) is 52.7 Å². The molecule has 1 N–H and O–H groups in total. The lowest BCUT2D eigenvalue weighted by molar-refractivity contribution is -0.132. The third-order valence-electron chi connectivity index (χ3n) is 4.18. The zero-order valence-electron chi connectivity index (χ0n) is 15.0. The fourth-order valence-corrected chi connectivity index (χ4v) is 2.67. The van der Waals surface area contributed by atoms with Gasteiger partial charge in [0.2, 0.25) is 11.8 Å². The SMILES string of the molecule is CCCN(CC1CC1)C(=O)CN(C)CC(=O)Nc1ccc(C)cc1. The van der Waals surface area contributed by atoms with Crippen LogP contribution in [0.15, 0.2) is 24.3 Å².